The smallest absolute Gasteiger partial charge is 0.0640 e. The van der Waals surface area contributed by atoms with Crippen LogP contribution >= 0.6 is 0 Å². The summed E-state index contributed by atoms with van der Waals surface area (Å²) in [6.07, 6.45) is 5.06. The summed E-state index contributed by atoms with van der Waals surface area (Å²) in [5.74, 6) is 0. The molecule has 0 amide bonds. The number of anilines is 1. The molecule has 1 aromatic carbocycles. The molecule has 0 atom stereocenters. The van der Waals surface area contributed by atoms with E-state index in [1.165, 1.54) is 5.69 Å². The Labute approximate surface area is 109 Å². The zero-order chi connectivity index (χ0) is 12.8. The van der Waals surface area contributed by atoms with Gasteiger partial charge in [0.1, 0.15) is 0 Å². The summed E-state index contributed by atoms with van der Waals surface area (Å²) >= 11 is 0. The van der Waals surface area contributed by atoms with Crippen LogP contribution in [0.2, 0.25) is 0 Å². The quantitative estimate of drug-likeness (QED) is 0.884. The van der Waals surface area contributed by atoms with Gasteiger partial charge in [0, 0.05) is 24.3 Å². The molecule has 1 fully saturated rings. The zero-order valence-electron chi connectivity index (χ0n) is 10.8. The predicted octanol–water partition coefficient (Wildman–Crippen LogP) is 2.68. The van der Waals surface area contributed by atoms with E-state index in [1.807, 2.05) is 6.07 Å². The molecule has 0 saturated heterocycles. The first-order valence-electron chi connectivity index (χ1n) is 6.75. The van der Waals surface area contributed by atoms with E-state index in [0.717, 1.165) is 32.2 Å². The van der Waals surface area contributed by atoms with E-state index < -0.39 is 0 Å². The second-order valence-corrected chi connectivity index (χ2v) is 5.01. The van der Waals surface area contributed by atoms with Crippen molar-refractivity contribution in [2.24, 2.45) is 5.73 Å². The fourth-order valence-electron chi connectivity index (χ4n) is 2.73. The molecular weight excluding hydrogens is 222 g/mol. The van der Waals surface area contributed by atoms with Crippen molar-refractivity contribution in [2.75, 3.05) is 11.4 Å². The van der Waals surface area contributed by atoms with Gasteiger partial charge in [-0.3, -0.25) is 0 Å². The Hall–Kier alpha value is -1.53. The van der Waals surface area contributed by atoms with Crippen LogP contribution in [0.15, 0.2) is 30.3 Å². The number of rotatable bonds is 4. The number of para-hydroxylation sites is 1. The Morgan fingerprint density at radius 1 is 1.17 bits per heavy atom. The van der Waals surface area contributed by atoms with Crippen molar-refractivity contribution in [2.45, 2.75) is 44.2 Å². The van der Waals surface area contributed by atoms with Crippen LogP contribution in [0.1, 0.15) is 32.1 Å². The van der Waals surface area contributed by atoms with Crippen LogP contribution in [0.25, 0.3) is 0 Å². The maximum absolute atomic E-state index is 8.81. The van der Waals surface area contributed by atoms with E-state index in [-0.39, 0.29) is 0 Å². The number of hydrogen-bond donors (Lipinski definition) is 1. The van der Waals surface area contributed by atoms with Crippen molar-refractivity contribution in [3.8, 4) is 6.07 Å². The van der Waals surface area contributed by atoms with Crippen molar-refractivity contribution in [3.63, 3.8) is 0 Å². The molecule has 0 aliphatic heterocycles. The molecule has 1 aromatic rings. The first-order valence-corrected chi connectivity index (χ1v) is 6.75. The van der Waals surface area contributed by atoms with Gasteiger partial charge in [-0.25, -0.2) is 0 Å². The van der Waals surface area contributed by atoms with Gasteiger partial charge in [0.25, 0.3) is 0 Å². The Bertz CT molecular complexity index is 388. The Morgan fingerprint density at radius 3 is 2.44 bits per heavy atom. The van der Waals surface area contributed by atoms with Gasteiger partial charge in [0.2, 0.25) is 0 Å². The van der Waals surface area contributed by atoms with Crippen LogP contribution in [0.5, 0.6) is 0 Å². The standard InChI is InChI=1S/C15H21N3/c16-11-4-12-18(14-5-2-1-3-6-14)15-9-7-13(17)8-10-15/h1-3,5-6,13,15H,4,7-10,12,17H2. The summed E-state index contributed by atoms with van der Waals surface area (Å²) in [7, 11) is 0. The minimum Gasteiger partial charge on any atom is -0.368 e. The average molecular weight is 243 g/mol. The second-order valence-electron chi connectivity index (χ2n) is 5.01. The summed E-state index contributed by atoms with van der Waals surface area (Å²) in [5.41, 5.74) is 7.19. The monoisotopic (exact) mass is 243 g/mol. The van der Waals surface area contributed by atoms with E-state index in [2.05, 4.69) is 35.2 Å². The molecule has 96 valence electrons. The lowest BCUT2D eigenvalue weighted by molar-refractivity contribution is 0.376. The molecule has 2 rings (SSSR count). The van der Waals surface area contributed by atoms with E-state index in [4.69, 9.17) is 11.0 Å². The highest BCUT2D eigenvalue weighted by molar-refractivity contribution is 5.47. The maximum atomic E-state index is 8.81. The van der Waals surface area contributed by atoms with Gasteiger partial charge < -0.3 is 10.6 Å². The average Bonchev–Trinajstić information content (AvgIpc) is 2.42. The third kappa shape index (κ3) is 3.24. The van der Waals surface area contributed by atoms with E-state index in [1.54, 1.807) is 0 Å². The first-order chi connectivity index (χ1) is 8.81. The second kappa shape index (κ2) is 6.42. The van der Waals surface area contributed by atoms with Crippen LogP contribution in [0.3, 0.4) is 0 Å². The number of nitriles is 1. The molecule has 3 heteroatoms. The van der Waals surface area contributed by atoms with Crippen LogP contribution in [0.4, 0.5) is 5.69 Å². The summed E-state index contributed by atoms with van der Waals surface area (Å²) in [5, 5.41) is 8.81. The summed E-state index contributed by atoms with van der Waals surface area (Å²) in [6.45, 7) is 0.820. The minimum atomic E-state index is 0.370. The third-order valence-corrected chi connectivity index (χ3v) is 3.73. The SMILES string of the molecule is N#CCCN(c1ccccc1)C1CCC(N)CC1. The molecule has 0 radical (unpaired) electrons. The minimum absolute atomic E-state index is 0.370. The van der Waals surface area contributed by atoms with Gasteiger partial charge in [0.05, 0.1) is 12.5 Å². The lowest BCUT2D eigenvalue weighted by Gasteiger charge is -2.37. The fraction of sp³-hybridized carbons (Fsp3) is 0.533. The number of nitrogens with two attached hydrogens (primary N) is 1. The Balaban J connectivity index is 2.08. The van der Waals surface area contributed by atoms with Crippen LogP contribution in [-0.4, -0.2) is 18.6 Å². The summed E-state index contributed by atoms with van der Waals surface area (Å²) in [4.78, 5) is 2.38. The molecule has 0 aromatic heterocycles. The molecule has 1 aliphatic carbocycles. The normalized spacial score (nSPS) is 23.3. The predicted molar refractivity (Wildman–Crippen MR) is 74.2 cm³/mol. The van der Waals surface area contributed by atoms with E-state index in [9.17, 15) is 0 Å². The van der Waals surface area contributed by atoms with Crippen molar-refractivity contribution in [1.29, 1.82) is 5.26 Å². The lowest BCUT2D eigenvalue weighted by Crippen LogP contribution is -2.41. The Morgan fingerprint density at radius 2 is 1.83 bits per heavy atom. The molecule has 1 aliphatic rings. The van der Waals surface area contributed by atoms with E-state index >= 15 is 0 Å². The van der Waals surface area contributed by atoms with Gasteiger partial charge in [0.15, 0.2) is 0 Å². The summed E-state index contributed by atoms with van der Waals surface area (Å²) in [6, 6.07) is 13.6. The molecule has 2 N–H and O–H groups in total. The van der Waals surface area contributed by atoms with Crippen LogP contribution < -0.4 is 10.6 Å². The van der Waals surface area contributed by atoms with Gasteiger partial charge in [-0.05, 0) is 37.8 Å². The lowest BCUT2D eigenvalue weighted by atomic mass is 9.90. The van der Waals surface area contributed by atoms with Crippen molar-refractivity contribution >= 4 is 5.69 Å². The topological polar surface area (TPSA) is 53.0 Å². The van der Waals surface area contributed by atoms with Crippen LogP contribution in [-0.2, 0) is 0 Å². The number of nitrogens with zero attached hydrogens (tertiary/aromatic N) is 2. The molecule has 0 spiro atoms. The molecule has 0 heterocycles. The highest BCUT2D eigenvalue weighted by Gasteiger charge is 2.24. The first kappa shape index (κ1) is 12.9. The number of benzene rings is 1. The molecule has 0 bridgehead atoms. The molecule has 1 saturated carbocycles. The van der Waals surface area contributed by atoms with Crippen LogP contribution in [0, 0.1) is 11.3 Å². The fourth-order valence-corrected chi connectivity index (χ4v) is 2.73. The van der Waals surface area contributed by atoms with E-state index in [0.29, 0.717) is 18.5 Å². The van der Waals surface area contributed by atoms with Gasteiger partial charge in [-0.2, -0.15) is 5.26 Å². The highest BCUT2D eigenvalue weighted by atomic mass is 15.2. The third-order valence-electron chi connectivity index (χ3n) is 3.73. The van der Waals surface area contributed by atoms with Gasteiger partial charge in [-0.15, -0.1) is 0 Å². The molecule has 18 heavy (non-hydrogen) atoms. The molecule has 3 nitrogen and oxygen atoms in total. The highest BCUT2D eigenvalue weighted by Crippen LogP contribution is 2.26. The zero-order valence-corrected chi connectivity index (χ0v) is 10.8. The maximum Gasteiger partial charge on any atom is 0.0640 e. The van der Waals surface area contributed by atoms with Crippen molar-refractivity contribution in [1.82, 2.24) is 0 Å². The largest absolute Gasteiger partial charge is 0.368 e. The molecular formula is C15H21N3. The summed E-state index contributed by atoms with van der Waals surface area (Å²) < 4.78 is 0. The van der Waals surface area contributed by atoms with Gasteiger partial charge >= 0.3 is 0 Å². The Kier molecular flexibility index (Phi) is 4.60. The van der Waals surface area contributed by atoms with Crippen molar-refractivity contribution in [3.05, 3.63) is 30.3 Å². The number of hydrogen-bond acceptors (Lipinski definition) is 3. The van der Waals surface area contributed by atoms with Gasteiger partial charge in [-0.1, -0.05) is 18.2 Å². The molecule has 0 unspecified atom stereocenters. The van der Waals surface area contributed by atoms with Crippen molar-refractivity contribution < 1.29 is 0 Å².